The van der Waals surface area contributed by atoms with Crippen LogP contribution in [0, 0.1) is 19.8 Å². The van der Waals surface area contributed by atoms with Crippen molar-refractivity contribution in [3.8, 4) is 0 Å². The third-order valence-corrected chi connectivity index (χ3v) is 6.55. The van der Waals surface area contributed by atoms with E-state index in [9.17, 15) is 13.2 Å². The van der Waals surface area contributed by atoms with Gasteiger partial charge in [0, 0.05) is 12.1 Å². The summed E-state index contributed by atoms with van der Waals surface area (Å²) in [4.78, 5) is 12.8. The van der Waals surface area contributed by atoms with Crippen LogP contribution in [0.25, 0.3) is 0 Å². The van der Waals surface area contributed by atoms with E-state index >= 15 is 0 Å². The SMILES string of the molecule is CCCC[C@H](CC)CNC(=O)c1ccc(C)c(NS(=O)(=O)c2ccc(C)cc2)c1. The molecule has 0 aromatic heterocycles. The molecule has 29 heavy (non-hydrogen) atoms. The Kier molecular flexibility index (Phi) is 8.26. The summed E-state index contributed by atoms with van der Waals surface area (Å²) in [6, 6.07) is 11.7. The van der Waals surface area contributed by atoms with Crippen molar-refractivity contribution in [2.24, 2.45) is 5.92 Å². The Balaban J connectivity index is 2.12. The first-order chi connectivity index (χ1) is 13.8. The van der Waals surface area contributed by atoms with E-state index in [1.165, 1.54) is 0 Å². The van der Waals surface area contributed by atoms with Gasteiger partial charge in [-0.05, 0) is 56.0 Å². The molecule has 0 aliphatic heterocycles. The molecule has 2 aromatic rings. The summed E-state index contributed by atoms with van der Waals surface area (Å²) in [6.45, 7) is 8.65. The number of carbonyl (C=O) groups is 1. The molecule has 1 atom stereocenters. The fraction of sp³-hybridized carbons (Fsp3) is 0.435. The number of anilines is 1. The van der Waals surface area contributed by atoms with Gasteiger partial charge >= 0.3 is 0 Å². The highest BCUT2D eigenvalue weighted by atomic mass is 32.2. The van der Waals surface area contributed by atoms with Gasteiger partial charge in [-0.2, -0.15) is 0 Å². The molecule has 0 radical (unpaired) electrons. The first-order valence-electron chi connectivity index (χ1n) is 10.2. The number of hydrogen-bond acceptors (Lipinski definition) is 3. The standard InChI is InChI=1S/C23H32N2O3S/c1-5-7-8-19(6-2)16-24-23(26)20-12-11-18(4)22(15-20)25-29(27,28)21-13-9-17(3)10-14-21/h9-15,19,25H,5-8,16H2,1-4H3,(H,24,26)/t19-/m0/s1. The summed E-state index contributed by atoms with van der Waals surface area (Å²) in [5.74, 6) is 0.277. The molecule has 0 saturated carbocycles. The predicted molar refractivity (Wildman–Crippen MR) is 119 cm³/mol. The molecule has 0 aliphatic rings. The van der Waals surface area contributed by atoms with Crippen LogP contribution in [0.3, 0.4) is 0 Å². The van der Waals surface area contributed by atoms with Gasteiger partial charge in [0.15, 0.2) is 0 Å². The Morgan fingerprint density at radius 2 is 1.72 bits per heavy atom. The number of carbonyl (C=O) groups excluding carboxylic acids is 1. The van der Waals surface area contributed by atoms with E-state index in [0.717, 1.165) is 36.8 Å². The number of amides is 1. The van der Waals surface area contributed by atoms with Crippen molar-refractivity contribution in [3.05, 3.63) is 59.2 Å². The summed E-state index contributed by atoms with van der Waals surface area (Å²) in [6.07, 6.45) is 4.43. The lowest BCUT2D eigenvalue weighted by atomic mass is 9.99. The molecule has 2 rings (SSSR count). The molecule has 2 aromatic carbocycles. The summed E-state index contributed by atoms with van der Waals surface area (Å²) in [5, 5.41) is 2.99. The molecule has 0 saturated heterocycles. The van der Waals surface area contributed by atoms with E-state index in [2.05, 4.69) is 23.9 Å². The van der Waals surface area contributed by atoms with Crippen LogP contribution in [0.5, 0.6) is 0 Å². The topological polar surface area (TPSA) is 75.3 Å². The molecular formula is C23H32N2O3S. The number of unbranched alkanes of at least 4 members (excludes halogenated alkanes) is 1. The number of benzene rings is 2. The smallest absolute Gasteiger partial charge is 0.261 e. The van der Waals surface area contributed by atoms with Crippen molar-refractivity contribution < 1.29 is 13.2 Å². The Morgan fingerprint density at radius 3 is 2.34 bits per heavy atom. The molecule has 0 aliphatic carbocycles. The van der Waals surface area contributed by atoms with Crippen LogP contribution in [-0.4, -0.2) is 20.9 Å². The van der Waals surface area contributed by atoms with Gasteiger partial charge in [0.2, 0.25) is 0 Å². The monoisotopic (exact) mass is 416 g/mol. The molecule has 6 heteroatoms. The second-order valence-corrected chi connectivity index (χ2v) is 9.26. The Labute approximate surface area is 175 Å². The third kappa shape index (κ3) is 6.60. The van der Waals surface area contributed by atoms with Gasteiger partial charge in [-0.15, -0.1) is 0 Å². The molecular weight excluding hydrogens is 384 g/mol. The number of aryl methyl sites for hydroxylation is 2. The highest BCUT2D eigenvalue weighted by molar-refractivity contribution is 7.92. The molecule has 0 heterocycles. The fourth-order valence-corrected chi connectivity index (χ4v) is 4.20. The fourth-order valence-electron chi connectivity index (χ4n) is 3.08. The van der Waals surface area contributed by atoms with Crippen molar-refractivity contribution in [1.82, 2.24) is 5.32 Å². The summed E-state index contributed by atoms with van der Waals surface area (Å²) >= 11 is 0. The molecule has 0 unspecified atom stereocenters. The second-order valence-electron chi connectivity index (χ2n) is 7.57. The third-order valence-electron chi connectivity index (χ3n) is 5.17. The lowest BCUT2D eigenvalue weighted by Gasteiger charge is -2.16. The normalized spacial score (nSPS) is 12.4. The van der Waals surface area contributed by atoms with E-state index in [-0.39, 0.29) is 10.8 Å². The first-order valence-corrected chi connectivity index (χ1v) is 11.7. The second kappa shape index (κ2) is 10.4. The molecule has 0 bridgehead atoms. The first kappa shape index (κ1) is 22.9. The zero-order valence-electron chi connectivity index (χ0n) is 17.8. The van der Waals surface area contributed by atoms with Gasteiger partial charge in [0.1, 0.15) is 0 Å². The van der Waals surface area contributed by atoms with Crippen molar-refractivity contribution in [1.29, 1.82) is 0 Å². The van der Waals surface area contributed by atoms with Gasteiger partial charge in [-0.1, -0.05) is 56.9 Å². The highest BCUT2D eigenvalue weighted by Crippen LogP contribution is 2.22. The van der Waals surface area contributed by atoms with Crippen LogP contribution >= 0.6 is 0 Å². The van der Waals surface area contributed by atoms with E-state index in [1.54, 1.807) is 42.5 Å². The van der Waals surface area contributed by atoms with Gasteiger partial charge in [0.05, 0.1) is 10.6 Å². The minimum atomic E-state index is -3.72. The summed E-state index contributed by atoms with van der Waals surface area (Å²) in [7, 11) is -3.72. The Bertz CT molecular complexity index is 922. The Hall–Kier alpha value is -2.34. The van der Waals surface area contributed by atoms with Crippen LogP contribution in [0.4, 0.5) is 5.69 Å². The van der Waals surface area contributed by atoms with Crippen LogP contribution in [-0.2, 0) is 10.0 Å². The molecule has 1 amide bonds. The van der Waals surface area contributed by atoms with Gasteiger partial charge in [-0.3, -0.25) is 9.52 Å². The van der Waals surface area contributed by atoms with Crippen molar-refractivity contribution in [2.45, 2.75) is 58.3 Å². The van der Waals surface area contributed by atoms with E-state index in [4.69, 9.17) is 0 Å². The number of rotatable bonds is 10. The van der Waals surface area contributed by atoms with Crippen molar-refractivity contribution in [2.75, 3.05) is 11.3 Å². The van der Waals surface area contributed by atoms with E-state index in [0.29, 0.717) is 23.7 Å². The molecule has 5 nitrogen and oxygen atoms in total. The zero-order valence-corrected chi connectivity index (χ0v) is 18.6. The quantitative estimate of drug-likeness (QED) is 0.569. The average molecular weight is 417 g/mol. The van der Waals surface area contributed by atoms with Crippen LogP contribution < -0.4 is 10.0 Å². The molecule has 0 fully saturated rings. The summed E-state index contributed by atoms with van der Waals surface area (Å²) < 4.78 is 28.0. The van der Waals surface area contributed by atoms with Crippen molar-refractivity contribution in [3.63, 3.8) is 0 Å². The Morgan fingerprint density at radius 1 is 1.03 bits per heavy atom. The minimum Gasteiger partial charge on any atom is -0.352 e. The van der Waals surface area contributed by atoms with Crippen LogP contribution in [0.1, 0.15) is 61.0 Å². The number of hydrogen-bond donors (Lipinski definition) is 2. The van der Waals surface area contributed by atoms with E-state index in [1.807, 2.05) is 13.8 Å². The maximum Gasteiger partial charge on any atom is 0.261 e. The highest BCUT2D eigenvalue weighted by Gasteiger charge is 2.17. The zero-order chi connectivity index (χ0) is 21.4. The molecule has 2 N–H and O–H groups in total. The predicted octanol–water partition coefficient (Wildman–Crippen LogP) is 5.05. The maximum absolute atomic E-state index is 12.7. The molecule has 0 spiro atoms. The van der Waals surface area contributed by atoms with Crippen molar-refractivity contribution >= 4 is 21.6 Å². The number of sulfonamides is 1. The van der Waals surface area contributed by atoms with Crippen LogP contribution in [0.2, 0.25) is 0 Å². The van der Waals surface area contributed by atoms with Gasteiger partial charge in [0.25, 0.3) is 15.9 Å². The lowest BCUT2D eigenvalue weighted by Crippen LogP contribution is -2.29. The number of nitrogens with one attached hydrogen (secondary N) is 2. The maximum atomic E-state index is 12.7. The van der Waals surface area contributed by atoms with Crippen LogP contribution in [0.15, 0.2) is 47.4 Å². The average Bonchev–Trinajstić information content (AvgIpc) is 2.69. The minimum absolute atomic E-state index is 0.185. The largest absolute Gasteiger partial charge is 0.352 e. The lowest BCUT2D eigenvalue weighted by molar-refractivity contribution is 0.0946. The van der Waals surface area contributed by atoms with E-state index < -0.39 is 10.0 Å². The molecule has 158 valence electrons. The summed E-state index contributed by atoms with van der Waals surface area (Å²) in [5.41, 5.74) is 2.61. The van der Waals surface area contributed by atoms with Gasteiger partial charge in [-0.25, -0.2) is 8.42 Å². The van der Waals surface area contributed by atoms with Gasteiger partial charge < -0.3 is 5.32 Å².